The predicted octanol–water partition coefficient (Wildman–Crippen LogP) is 3.42. The molecule has 0 bridgehead atoms. The molecule has 3 aliphatic heterocycles. The summed E-state index contributed by atoms with van der Waals surface area (Å²) >= 11 is 0. The molecule has 3 heterocycles. The van der Waals surface area contributed by atoms with Crippen LogP contribution in [0.1, 0.15) is 37.3 Å². The molecule has 128 valence electrons. The Labute approximate surface area is 149 Å². The number of hydrogen-bond donors (Lipinski definition) is 1. The Bertz CT molecular complexity index is 783. The third-order valence-electron chi connectivity index (χ3n) is 5.39. The molecule has 25 heavy (non-hydrogen) atoms. The van der Waals surface area contributed by atoms with E-state index in [2.05, 4.69) is 58.7 Å². The average molecular weight is 332 g/mol. The lowest BCUT2D eigenvalue weighted by Crippen LogP contribution is -2.33. The van der Waals surface area contributed by atoms with Gasteiger partial charge in [0.05, 0.1) is 11.6 Å². The van der Waals surface area contributed by atoms with E-state index in [1.165, 1.54) is 25.1 Å². The molecule has 0 aromatic heterocycles. The molecule has 1 N–H and O–H groups in total. The maximum atomic E-state index is 9.09. The Kier molecular flexibility index (Phi) is 4.33. The zero-order chi connectivity index (χ0) is 17.2. The summed E-state index contributed by atoms with van der Waals surface area (Å²) in [5, 5.41) is 12.7. The van der Waals surface area contributed by atoms with Gasteiger partial charge in [0.1, 0.15) is 6.17 Å². The molecule has 0 amide bonds. The molecule has 1 aromatic carbocycles. The highest BCUT2D eigenvalue weighted by Crippen LogP contribution is 2.27. The Morgan fingerprint density at radius 3 is 3.04 bits per heavy atom. The number of rotatable bonds is 4. The predicted molar refractivity (Wildman–Crippen MR) is 100 cm³/mol. The fourth-order valence-corrected chi connectivity index (χ4v) is 3.89. The summed E-state index contributed by atoms with van der Waals surface area (Å²) in [5.74, 6) is 0. The molecule has 1 saturated heterocycles. The van der Waals surface area contributed by atoms with Crippen molar-refractivity contribution in [2.45, 2.75) is 38.4 Å². The van der Waals surface area contributed by atoms with Crippen molar-refractivity contribution in [1.29, 1.82) is 5.26 Å². The highest BCUT2D eigenvalue weighted by atomic mass is 15.3. The van der Waals surface area contributed by atoms with Crippen molar-refractivity contribution in [3.8, 4) is 6.07 Å². The normalized spacial score (nSPS) is 25.2. The summed E-state index contributed by atoms with van der Waals surface area (Å²) in [4.78, 5) is 4.82. The molecule has 1 unspecified atom stereocenters. The average Bonchev–Trinajstić information content (AvgIpc) is 3.24. The molecule has 1 aromatic rings. The number of nitrogens with zero attached hydrogens (tertiary/aromatic N) is 3. The molecule has 4 heteroatoms. The lowest BCUT2D eigenvalue weighted by atomic mass is 10.0. The first kappa shape index (κ1) is 16.0. The van der Waals surface area contributed by atoms with Crippen LogP contribution in [0.5, 0.6) is 0 Å². The van der Waals surface area contributed by atoms with E-state index in [0.717, 1.165) is 30.1 Å². The highest BCUT2D eigenvalue weighted by molar-refractivity contribution is 5.75. The smallest absolute Gasteiger partial charge is 0.122 e. The van der Waals surface area contributed by atoms with Crippen LogP contribution in [0, 0.1) is 11.3 Å². The lowest BCUT2D eigenvalue weighted by molar-refractivity contribution is 0.270. The minimum atomic E-state index is 0.217. The van der Waals surface area contributed by atoms with Crippen LogP contribution >= 0.6 is 0 Å². The maximum absolute atomic E-state index is 9.09. The van der Waals surface area contributed by atoms with Gasteiger partial charge in [-0.05, 0) is 55.7 Å². The van der Waals surface area contributed by atoms with Crippen LogP contribution < -0.4 is 5.32 Å². The molecule has 2 atom stereocenters. The van der Waals surface area contributed by atoms with Crippen molar-refractivity contribution in [2.24, 2.45) is 0 Å². The summed E-state index contributed by atoms with van der Waals surface area (Å²) in [6, 6.07) is 10.7. The van der Waals surface area contributed by atoms with Crippen molar-refractivity contribution >= 4 is 5.57 Å². The fraction of sp³-hybridized carbons (Fsp3) is 0.381. The lowest BCUT2D eigenvalue weighted by Gasteiger charge is -2.24. The van der Waals surface area contributed by atoms with Crippen molar-refractivity contribution in [3.05, 3.63) is 65.6 Å². The maximum Gasteiger partial charge on any atom is 0.122 e. The van der Waals surface area contributed by atoms with Gasteiger partial charge in [-0.25, -0.2) is 0 Å². The van der Waals surface area contributed by atoms with E-state index in [1.54, 1.807) is 0 Å². The van der Waals surface area contributed by atoms with E-state index in [4.69, 9.17) is 5.26 Å². The van der Waals surface area contributed by atoms with Crippen LogP contribution in [0.3, 0.4) is 0 Å². The number of likely N-dealkylation sites (tertiary alicyclic amines) is 1. The van der Waals surface area contributed by atoms with Gasteiger partial charge in [0, 0.05) is 37.1 Å². The van der Waals surface area contributed by atoms with Gasteiger partial charge in [-0.1, -0.05) is 18.2 Å². The number of fused-ring (bicyclic) bond motifs is 1. The number of benzene rings is 1. The van der Waals surface area contributed by atoms with E-state index in [9.17, 15) is 0 Å². The first-order chi connectivity index (χ1) is 12.2. The molecule has 4 nitrogen and oxygen atoms in total. The van der Waals surface area contributed by atoms with Gasteiger partial charge < -0.3 is 15.1 Å². The minimum absolute atomic E-state index is 0.217. The first-order valence-corrected chi connectivity index (χ1v) is 9.12. The molecular weight excluding hydrogens is 308 g/mol. The summed E-state index contributed by atoms with van der Waals surface area (Å²) in [7, 11) is 0. The highest BCUT2D eigenvalue weighted by Gasteiger charge is 2.25. The Morgan fingerprint density at radius 1 is 1.32 bits per heavy atom. The van der Waals surface area contributed by atoms with Crippen LogP contribution in [-0.4, -0.2) is 35.1 Å². The zero-order valence-corrected chi connectivity index (χ0v) is 14.7. The largest absolute Gasteiger partial charge is 0.364 e. The van der Waals surface area contributed by atoms with E-state index >= 15 is 0 Å². The Hall–Kier alpha value is -2.51. The summed E-state index contributed by atoms with van der Waals surface area (Å²) < 4.78 is 0. The quantitative estimate of drug-likeness (QED) is 0.917. The van der Waals surface area contributed by atoms with Gasteiger partial charge in [0.2, 0.25) is 0 Å². The van der Waals surface area contributed by atoms with Gasteiger partial charge in [-0.3, -0.25) is 0 Å². The van der Waals surface area contributed by atoms with E-state index < -0.39 is 0 Å². The van der Waals surface area contributed by atoms with Gasteiger partial charge in [0.15, 0.2) is 0 Å². The van der Waals surface area contributed by atoms with Crippen LogP contribution in [0.15, 0.2) is 54.5 Å². The van der Waals surface area contributed by atoms with Crippen molar-refractivity contribution < 1.29 is 0 Å². The molecule has 4 rings (SSSR count). The number of nitrogens with one attached hydrogen (secondary N) is 1. The van der Waals surface area contributed by atoms with Gasteiger partial charge in [-0.15, -0.1) is 0 Å². The SMILES string of the molecule is C[C@@H]1CCCN1CCC1=CN2C=C(c3cccc(C#N)c3)C=CC2N1. The van der Waals surface area contributed by atoms with Crippen LogP contribution in [0.2, 0.25) is 0 Å². The second-order valence-corrected chi connectivity index (χ2v) is 7.10. The molecular formula is C21H24N4. The third kappa shape index (κ3) is 3.33. The van der Waals surface area contributed by atoms with Gasteiger partial charge in [-0.2, -0.15) is 5.26 Å². The van der Waals surface area contributed by atoms with E-state index in [1.807, 2.05) is 18.2 Å². The topological polar surface area (TPSA) is 42.3 Å². The number of hydrogen-bond acceptors (Lipinski definition) is 4. The number of allylic oxidation sites excluding steroid dienone is 2. The van der Waals surface area contributed by atoms with Crippen LogP contribution in [0.4, 0.5) is 0 Å². The van der Waals surface area contributed by atoms with Gasteiger partial charge >= 0.3 is 0 Å². The Balaban J connectivity index is 1.45. The summed E-state index contributed by atoms with van der Waals surface area (Å²) in [6.07, 6.45) is 12.7. The molecule has 0 saturated carbocycles. The fourth-order valence-electron chi connectivity index (χ4n) is 3.89. The van der Waals surface area contributed by atoms with E-state index in [0.29, 0.717) is 5.56 Å². The number of nitriles is 1. The summed E-state index contributed by atoms with van der Waals surface area (Å²) in [5.41, 5.74) is 4.23. The van der Waals surface area contributed by atoms with Crippen LogP contribution in [-0.2, 0) is 0 Å². The zero-order valence-electron chi connectivity index (χ0n) is 14.7. The molecule has 0 radical (unpaired) electrons. The first-order valence-electron chi connectivity index (χ1n) is 9.12. The van der Waals surface area contributed by atoms with E-state index in [-0.39, 0.29) is 6.17 Å². The Morgan fingerprint density at radius 2 is 2.24 bits per heavy atom. The second-order valence-electron chi connectivity index (χ2n) is 7.10. The third-order valence-corrected chi connectivity index (χ3v) is 5.39. The second kappa shape index (κ2) is 6.78. The minimum Gasteiger partial charge on any atom is -0.364 e. The molecule has 1 fully saturated rings. The standard InChI is InChI=1S/C21H24N4/c1-16-4-3-10-24(16)11-9-20-15-25-14-19(7-8-21(25)23-20)18-6-2-5-17(12-18)13-22/h2,5-8,12,14-16,21,23H,3-4,9-11H2,1H3/t16-,21?/m1/s1. The monoisotopic (exact) mass is 332 g/mol. The van der Waals surface area contributed by atoms with Crippen molar-refractivity contribution in [1.82, 2.24) is 15.1 Å². The summed E-state index contributed by atoms with van der Waals surface area (Å²) in [6.45, 7) is 4.70. The van der Waals surface area contributed by atoms with Crippen molar-refractivity contribution in [3.63, 3.8) is 0 Å². The van der Waals surface area contributed by atoms with Crippen LogP contribution in [0.25, 0.3) is 5.57 Å². The molecule has 0 spiro atoms. The van der Waals surface area contributed by atoms with Gasteiger partial charge in [0.25, 0.3) is 0 Å². The van der Waals surface area contributed by atoms with Crippen molar-refractivity contribution in [2.75, 3.05) is 13.1 Å². The molecule has 3 aliphatic rings. The molecule has 0 aliphatic carbocycles.